The molecule has 5 nitrogen and oxygen atoms in total. The monoisotopic (exact) mass is 139 g/mol. The summed E-state index contributed by atoms with van der Waals surface area (Å²) >= 11 is 0. The van der Waals surface area contributed by atoms with Crippen LogP contribution in [-0.2, 0) is 4.79 Å². The van der Waals surface area contributed by atoms with Gasteiger partial charge < -0.3 is 4.74 Å². The largest absolute Gasteiger partial charge is 0.391 e. The van der Waals surface area contributed by atoms with Crippen LogP contribution in [0, 0.1) is 0 Å². The van der Waals surface area contributed by atoms with Gasteiger partial charge in [-0.05, 0) is 0 Å². The number of hydrogen-bond acceptors (Lipinski definition) is 5. The molecule has 0 saturated heterocycles. The molecule has 1 rings (SSSR count). The Labute approximate surface area is 57.1 Å². The van der Waals surface area contributed by atoms with Crippen molar-refractivity contribution in [1.29, 1.82) is 0 Å². The lowest BCUT2D eigenvalue weighted by atomic mass is 10.8. The Kier molecular flexibility index (Phi) is 1.89. The predicted octanol–water partition coefficient (Wildman–Crippen LogP) is -0.203. The van der Waals surface area contributed by atoms with Gasteiger partial charge in [0, 0.05) is 6.92 Å². The molecule has 5 heteroatoms. The molecule has 10 heavy (non-hydrogen) atoms. The first-order chi connectivity index (χ1) is 4.79. The van der Waals surface area contributed by atoms with E-state index in [1.807, 2.05) is 0 Å². The minimum Gasteiger partial charge on any atom is -0.391 e. The van der Waals surface area contributed by atoms with Crippen LogP contribution in [0.3, 0.4) is 0 Å². The summed E-state index contributed by atoms with van der Waals surface area (Å²) in [6, 6.07) is 0.0301. The van der Waals surface area contributed by atoms with Crippen LogP contribution in [0.5, 0.6) is 6.01 Å². The summed E-state index contributed by atoms with van der Waals surface area (Å²) in [6.45, 7) is 1.28. The second-order valence-electron chi connectivity index (χ2n) is 1.51. The molecule has 0 aliphatic heterocycles. The SMILES string of the molecule is CC(=O)Oc1ncncn1. The van der Waals surface area contributed by atoms with Gasteiger partial charge in [-0.25, -0.2) is 4.98 Å². The van der Waals surface area contributed by atoms with Crippen molar-refractivity contribution in [2.45, 2.75) is 6.92 Å². The summed E-state index contributed by atoms with van der Waals surface area (Å²) in [4.78, 5) is 20.9. The van der Waals surface area contributed by atoms with Crippen LogP contribution in [0.2, 0.25) is 0 Å². The van der Waals surface area contributed by atoms with Gasteiger partial charge in [0.2, 0.25) is 0 Å². The molecule has 52 valence electrons. The predicted molar refractivity (Wildman–Crippen MR) is 31.1 cm³/mol. The van der Waals surface area contributed by atoms with Crippen molar-refractivity contribution in [2.24, 2.45) is 0 Å². The van der Waals surface area contributed by atoms with E-state index in [4.69, 9.17) is 0 Å². The molecule has 1 aromatic rings. The lowest BCUT2D eigenvalue weighted by Crippen LogP contribution is -2.04. The minimum absolute atomic E-state index is 0.0301. The Balaban J connectivity index is 2.67. The second kappa shape index (κ2) is 2.86. The van der Waals surface area contributed by atoms with Crippen LogP contribution in [0.15, 0.2) is 12.7 Å². The zero-order valence-electron chi connectivity index (χ0n) is 5.31. The van der Waals surface area contributed by atoms with E-state index in [9.17, 15) is 4.79 Å². The molecule has 0 bridgehead atoms. The van der Waals surface area contributed by atoms with E-state index < -0.39 is 5.97 Å². The van der Waals surface area contributed by atoms with Crippen LogP contribution >= 0.6 is 0 Å². The molecule has 0 aliphatic rings. The Morgan fingerprint density at radius 3 is 2.60 bits per heavy atom. The zero-order valence-corrected chi connectivity index (χ0v) is 5.31. The smallest absolute Gasteiger partial charge is 0.327 e. The standard InChI is InChI=1S/C5H5N3O2/c1-4(9)10-5-7-2-6-3-8-5/h2-3H,1H3. The van der Waals surface area contributed by atoms with Gasteiger partial charge in [-0.1, -0.05) is 0 Å². The van der Waals surface area contributed by atoms with Crippen LogP contribution < -0.4 is 4.74 Å². The maximum atomic E-state index is 10.3. The molecular weight excluding hydrogens is 134 g/mol. The molecule has 1 aromatic heterocycles. The highest BCUT2D eigenvalue weighted by Gasteiger charge is 1.97. The van der Waals surface area contributed by atoms with E-state index in [0.29, 0.717) is 0 Å². The van der Waals surface area contributed by atoms with Gasteiger partial charge in [0.1, 0.15) is 12.7 Å². The Bertz CT molecular complexity index is 224. The topological polar surface area (TPSA) is 65.0 Å². The molecule has 0 radical (unpaired) electrons. The van der Waals surface area contributed by atoms with Crippen molar-refractivity contribution in [3.05, 3.63) is 12.7 Å². The van der Waals surface area contributed by atoms with E-state index in [2.05, 4.69) is 19.7 Å². The first-order valence-electron chi connectivity index (χ1n) is 2.59. The van der Waals surface area contributed by atoms with Gasteiger partial charge in [0.15, 0.2) is 0 Å². The first-order valence-corrected chi connectivity index (χ1v) is 2.59. The lowest BCUT2D eigenvalue weighted by molar-refractivity contribution is -0.132. The summed E-state index contributed by atoms with van der Waals surface area (Å²) in [5, 5.41) is 0. The number of rotatable bonds is 1. The summed E-state index contributed by atoms with van der Waals surface area (Å²) in [7, 11) is 0. The van der Waals surface area contributed by atoms with E-state index >= 15 is 0 Å². The van der Waals surface area contributed by atoms with Crippen molar-refractivity contribution in [3.63, 3.8) is 0 Å². The summed E-state index contributed by atoms with van der Waals surface area (Å²) in [6.07, 6.45) is 2.51. The summed E-state index contributed by atoms with van der Waals surface area (Å²) < 4.78 is 4.51. The third-order valence-corrected chi connectivity index (χ3v) is 0.705. The molecular formula is C5H5N3O2. The Morgan fingerprint density at radius 2 is 2.10 bits per heavy atom. The fourth-order valence-electron chi connectivity index (χ4n) is 0.410. The molecule has 0 unspecified atom stereocenters. The maximum absolute atomic E-state index is 10.3. The van der Waals surface area contributed by atoms with E-state index in [0.717, 1.165) is 0 Å². The van der Waals surface area contributed by atoms with Gasteiger partial charge in [-0.2, -0.15) is 9.97 Å². The number of esters is 1. The average Bonchev–Trinajstić information content (AvgIpc) is 1.88. The lowest BCUT2D eigenvalue weighted by Gasteiger charge is -1.93. The van der Waals surface area contributed by atoms with Gasteiger partial charge in [-0.3, -0.25) is 4.79 Å². The van der Waals surface area contributed by atoms with Crippen LogP contribution in [0.25, 0.3) is 0 Å². The number of carbonyl (C=O) groups is 1. The molecule has 0 aromatic carbocycles. The summed E-state index contributed by atoms with van der Waals surface area (Å²) in [5.41, 5.74) is 0. The van der Waals surface area contributed by atoms with Crippen molar-refractivity contribution >= 4 is 5.97 Å². The molecule has 0 fully saturated rings. The van der Waals surface area contributed by atoms with Gasteiger partial charge in [0.25, 0.3) is 0 Å². The van der Waals surface area contributed by atoms with Gasteiger partial charge in [-0.15, -0.1) is 0 Å². The molecule has 0 amide bonds. The number of aromatic nitrogens is 3. The van der Waals surface area contributed by atoms with Gasteiger partial charge in [0.05, 0.1) is 0 Å². The number of nitrogens with zero attached hydrogens (tertiary/aromatic N) is 3. The number of ether oxygens (including phenoxy) is 1. The van der Waals surface area contributed by atoms with Crippen LogP contribution in [0.1, 0.15) is 6.92 Å². The Hall–Kier alpha value is -1.52. The van der Waals surface area contributed by atoms with Crippen molar-refractivity contribution in [3.8, 4) is 6.01 Å². The van der Waals surface area contributed by atoms with Crippen molar-refractivity contribution < 1.29 is 9.53 Å². The van der Waals surface area contributed by atoms with Crippen LogP contribution in [0.4, 0.5) is 0 Å². The molecule has 1 heterocycles. The highest BCUT2D eigenvalue weighted by molar-refractivity contribution is 5.68. The van der Waals surface area contributed by atoms with E-state index in [-0.39, 0.29) is 6.01 Å². The fourth-order valence-corrected chi connectivity index (χ4v) is 0.410. The molecule has 0 saturated carbocycles. The molecule has 0 N–H and O–H groups in total. The third-order valence-electron chi connectivity index (χ3n) is 0.705. The highest BCUT2D eigenvalue weighted by atomic mass is 16.5. The Morgan fingerprint density at radius 1 is 1.50 bits per heavy atom. The van der Waals surface area contributed by atoms with E-state index in [1.54, 1.807) is 0 Å². The highest BCUT2D eigenvalue weighted by Crippen LogP contribution is 1.94. The fraction of sp³-hybridized carbons (Fsp3) is 0.200. The first kappa shape index (κ1) is 6.60. The normalized spacial score (nSPS) is 8.90. The average molecular weight is 139 g/mol. The van der Waals surface area contributed by atoms with Crippen LogP contribution in [-0.4, -0.2) is 20.9 Å². The van der Waals surface area contributed by atoms with E-state index in [1.165, 1.54) is 19.6 Å². The quantitative estimate of drug-likeness (QED) is 0.504. The summed E-state index contributed by atoms with van der Waals surface area (Å²) in [5.74, 6) is -0.439. The minimum atomic E-state index is -0.439. The molecule has 0 atom stereocenters. The zero-order chi connectivity index (χ0) is 7.40. The third kappa shape index (κ3) is 1.77. The number of hydrogen-bond donors (Lipinski definition) is 0. The maximum Gasteiger partial charge on any atom is 0.327 e. The van der Waals surface area contributed by atoms with Crippen molar-refractivity contribution in [2.75, 3.05) is 0 Å². The second-order valence-corrected chi connectivity index (χ2v) is 1.51. The molecule has 0 aliphatic carbocycles. The van der Waals surface area contributed by atoms with Crippen molar-refractivity contribution in [1.82, 2.24) is 15.0 Å². The number of carbonyl (C=O) groups excluding carboxylic acids is 1. The van der Waals surface area contributed by atoms with Gasteiger partial charge >= 0.3 is 12.0 Å². The molecule has 0 spiro atoms.